The molecule has 20 nitrogen and oxygen atoms in total. The highest BCUT2D eigenvalue weighted by Crippen LogP contribution is 2.38. The van der Waals surface area contributed by atoms with E-state index in [-0.39, 0.29) is 6.42 Å². The first-order chi connectivity index (χ1) is 24.6. The molecule has 3 heterocycles. The summed E-state index contributed by atoms with van der Waals surface area (Å²) in [6.45, 7) is 0.454. The number of rotatable bonds is 15. The first kappa shape index (κ1) is 42.3. The zero-order valence-corrected chi connectivity index (χ0v) is 28.3. The molecule has 0 radical (unpaired) electrons. The summed E-state index contributed by atoms with van der Waals surface area (Å²) < 4.78 is 33.6. The maximum atomic E-state index is 13.0. The number of nitrogens with one attached hydrogen (secondary N) is 1. The van der Waals surface area contributed by atoms with Crippen LogP contribution in [0.4, 0.5) is 0 Å². The van der Waals surface area contributed by atoms with E-state index < -0.39 is 142 Å². The van der Waals surface area contributed by atoms with E-state index in [1.54, 1.807) is 44.2 Å². The van der Waals surface area contributed by atoms with Gasteiger partial charge in [0.25, 0.3) is 5.79 Å². The molecule has 1 aromatic carbocycles. The Kier molecular flexibility index (Phi) is 14.8. The van der Waals surface area contributed by atoms with Crippen LogP contribution in [0.2, 0.25) is 0 Å². The number of benzene rings is 1. The normalized spacial score (nSPS) is 39.5. The van der Waals surface area contributed by atoms with Crippen molar-refractivity contribution in [1.29, 1.82) is 0 Å². The highest BCUT2D eigenvalue weighted by molar-refractivity contribution is 5.79. The van der Waals surface area contributed by atoms with Gasteiger partial charge in [-0.15, -0.1) is 0 Å². The Morgan fingerprint density at radius 2 is 1.52 bits per heavy atom. The highest BCUT2D eigenvalue weighted by atomic mass is 16.8. The Balaban J connectivity index is 1.60. The molecule has 0 aromatic heterocycles. The molecule has 1 amide bonds. The maximum absolute atomic E-state index is 13.0. The summed E-state index contributed by atoms with van der Waals surface area (Å²) in [5.41, 5.74) is 0.565. The fourth-order valence-corrected chi connectivity index (χ4v) is 6.31. The third-order valence-corrected chi connectivity index (χ3v) is 9.02. The van der Waals surface area contributed by atoms with Crippen molar-refractivity contribution in [3.05, 3.63) is 35.9 Å². The summed E-state index contributed by atoms with van der Waals surface area (Å²) in [5, 5.41) is 119. The Bertz CT molecular complexity index is 1290. The predicted molar refractivity (Wildman–Crippen MR) is 169 cm³/mol. The van der Waals surface area contributed by atoms with Gasteiger partial charge in [-0.2, -0.15) is 0 Å². The molecule has 3 aliphatic heterocycles. The third-order valence-electron chi connectivity index (χ3n) is 9.02. The van der Waals surface area contributed by atoms with Gasteiger partial charge in [-0.05, 0) is 19.4 Å². The molecule has 296 valence electrons. The first-order valence-electron chi connectivity index (χ1n) is 16.7. The molecule has 3 saturated heterocycles. The van der Waals surface area contributed by atoms with Crippen molar-refractivity contribution in [3.8, 4) is 0 Å². The van der Waals surface area contributed by atoms with E-state index in [9.17, 15) is 65.8 Å². The quantitative estimate of drug-likeness (QED) is 0.0795. The van der Waals surface area contributed by atoms with Crippen LogP contribution in [0, 0.1) is 0 Å². The molecule has 0 bridgehead atoms. The van der Waals surface area contributed by atoms with Crippen LogP contribution in [0.1, 0.15) is 25.8 Å². The first-order valence-corrected chi connectivity index (χ1v) is 16.7. The number of carboxylic acid groups (broad SMARTS) is 1. The second-order valence-corrected chi connectivity index (χ2v) is 13.2. The monoisotopic (exact) mass is 751 g/mol. The van der Waals surface area contributed by atoms with Gasteiger partial charge < -0.3 is 89.9 Å². The molecular weight excluding hydrogens is 702 g/mol. The van der Waals surface area contributed by atoms with Crippen LogP contribution in [-0.2, 0) is 44.4 Å². The van der Waals surface area contributed by atoms with E-state index in [0.29, 0.717) is 5.56 Å². The smallest absolute Gasteiger partial charge is 0.364 e. The number of carboxylic acids is 1. The molecule has 52 heavy (non-hydrogen) atoms. The summed E-state index contributed by atoms with van der Waals surface area (Å²) in [7, 11) is 0. The number of ether oxygens (including phenoxy) is 6. The molecule has 12 N–H and O–H groups in total. The van der Waals surface area contributed by atoms with Gasteiger partial charge in [-0.25, -0.2) is 4.79 Å². The lowest BCUT2D eigenvalue weighted by molar-refractivity contribution is -0.387. The summed E-state index contributed by atoms with van der Waals surface area (Å²) in [6, 6.07) is 6.78. The van der Waals surface area contributed by atoms with E-state index in [0.717, 1.165) is 0 Å². The Hall–Kier alpha value is -2.48. The fourth-order valence-electron chi connectivity index (χ4n) is 6.31. The molecular formula is C32H49NO19. The summed E-state index contributed by atoms with van der Waals surface area (Å²) in [6.07, 6.45) is -27.6. The van der Waals surface area contributed by atoms with Crippen LogP contribution in [0.15, 0.2) is 30.3 Å². The second-order valence-electron chi connectivity index (χ2n) is 13.2. The summed E-state index contributed by atoms with van der Waals surface area (Å²) >= 11 is 0. The topological polar surface area (TPSA) is 324 Å². The number of amides is 1. The van der Waals surface area contributed by atoms with Crippen LogP contribution in [0.25, 0.3) is 0 Å². The van der Waals surface area contributed by atoms with Gasteiger partial charge >= 0.3 is 5.97 Å². The molecule has 0 spiro atoms. The SMILES string of the molecule is CC(C)O[C@@H]1OC(CO)[C@@H](O[C@@H]2OC(CO)[C@H](O)[C@H](O[C@]3(C(=O)O)C[C@@H](O)[C@@H](NC(=O)Cc4ccccc4)C([C@H](O)[C@H](O)CO)O3)C2O)[C@H](O)C1O. The Labute approximate surface area is 297 Å². The van der Waals surface area contributed by atoms with Gasteiger partial charge in [0.05, 0.1) is 44.5 Å². The van der Waals surface area contributed by atoms with Gasteiger partial charge in [0.15, 0.2) is 12.6 Å². The maximum Gasteiger partial charge on any atom is 0.364 e. The van der Waals surface area contributed by atoms with Gasteiger partial charge in [-0.3, -0.25) is 4.79 Å². The minimum absolute atomic E-state index is 0.208. The number of hydrogen-bond acceptors (Lipinski definition) is 18. The fraction of sp³-hybridized carbons (Fsp3) is 0.750. The van der Waals surface area contributed by atoms with Crippen molar-refractivity contribution in [2.75, 3.05) is 19.8 Å². The molecule has 0 aliphatic carbocycles. The Morgan fingerprint density at radius 3 is 2.10 bits per heavy atom. The van der Waals surface area contributed by atoms with Crippen LogP contribution >= 0.6 is 0 Å². The molecule has 20 heteroatoms. The third kappa shape index (κ3) is 9.41. The van der Waals surface area contributed by atoms with E-state index in [4.69, 9.17) is 28.4 Å². The van der Waals surface area contributed by atoms with Gasteiger partial charge in [0.1, 0.15) is 67.1 Å². The standard InChI is InChI=1S/C32H49NO19/c1-13(2)47-29-24(43)23(42)26(18(12-36)49-29)50-30-25(44)28(22(41)17(11-35)48-30)52-32(31(45)46)9-15(37)20(27(51-32)21(40)16(38)10-34)33-19(39)8-14-6-4-3-5-7-14/h3-7,13,15-18,20-30,34-38,40-44H,8-12H2,1-2H3,(H,33,39)(H,45,46)/t15-,16-,17?,18?,20-,21-,22+,23-,24?,25?,26-,27?,28+,29-,30+,32+/m1/s1. The van der Waals surface area contributed by atoms with Gasteiger partial charge in [0.2, 0.25) is 5.91 Å². The van der Waals surface area contributed by atoms with Crippen molar-refractivity contribution >= 4 is 11.9 Å². The minimum atomic E-state index is -3.05. The highest BCUT2D eigenvalue weighted by Gasteiger charge is 2.60. The molecule has 0 saturated carbocycles. The lowest BCUT2D eigenvalue weighted by Gasteiger charge is -2.50. The van der Waals surface area contributed by atoms with Crippen molar-refractivity contribution in [3.63, 3.8) is 0 Å². The van der Waals surface area contributed by atoms with Crippen molar-refractivity contribution < 1.29 is 94.2 Å². The minimum Gasteiger partial charge on any atom is -0.477 e. The van der Waals surface area contributed by atoms with Gasteiger partial charge in [-0.1, -0.05) is 30.3 Å². The second kappa shape index (κ2) is 18.2. The Morgan fingerprint density at radius 1 is 0.885 bits per heavy atom. The van der Waals surface area contributed by atoms with Crippen molar-refractivity contribution in [2.24, 2.45) is 0 Å². The number of aliphatic hydroxyl groups excluding tert-OH is 10. The van der Waals surface area contributed by atoms with Crippen molar-refractivity contribution in [2.45, 2.75) is 130 Å². The molecule has 5 unspecified atom stereocenters. The van der Waals surface area contributed by atoms with Crippen LogP contribution in [0.5, 0.6) is 0 Å². The molecule has 3 fully saturated rings. The predicted octanol–water partition coefficient (Wildman–Crippen LogP) is -5.57. The van der Waals surface area contributed by atoms with E-state index in [2.05, 4.69) is 5.32 Å². The van der Waals surface area contributed by atoms with Crippen molar-refractivity contribution in [1.82, 2.24) is 5.32 Å². The molecule has 16 atom stereocenters. The molecule has 4 rings (SSSR count). The number of hydrogen-bond donors (Lipinski definition) is 12. The summed E-state index contributed by atoms with van der Waals surface area (Å²) in [4.78, 5) is 25.8. The zero-order chi connectivity index (χ0) is 38.5. The van der Waals surface area contributed by atoms with Crippen LogP contribution in [0.3, 0.4) is 0 Å². The average Bonchev–Trinajstić information content (AvgIpc) is 3.11. The molecule has 1 aromatic rings. The summed E-state index contributed by atoms with van der Waals surface area (Å²) in [5.74, 6) is -5.70. The van der Waals surface area contributed by atoms with Gasteiger partial charge in [0, 0.05) is 6.42 Å². The number of aliphatic hydroxyl groups is 10. The number of aliphatic carboxylic acids is 1. The number of carbonyl (C=O) groups excluding carboxylic acids is 1. The zero-order valence-electron chi connectivity index (χ0n) is 28.3. The van der Waals surface area contributed by atoms with Crippen LogP contribution in [-0.4, -0.2) is 192 Å². The largest absolute Gasteiger partial charge is 0.477 e. The lowest BCUT2D eigenvalue weighted by Crippen LogP contribution is -2.71. The van der Waals surface area contributed by atoms with E-state index in [1.807, 2.05) is 0 Å². The van der Waals surface area contributed by atoms with E-state index in [1.165, 1.54) is 0 Å². The lowest BCUT2D eigenvalue weighted by atomic mass is 9.88. The van der Waals surface area contributed by atoms with Crippen LogP contribution < -0.4 is 5.32 Å². The average molecular weight is 752 g/mol. The van der Waals surface area contributed by atoms with E-state index >= 15 is 0 Å². The number of carbonyl (C=O) groups is 2. The molecule has 3 aliphatic rings.